The van der Waals surface area contributed by atoms with E-state index in [4.69, 9.17) is 9.47 Å². The number of rotatable bonds is 4. The van der Waals surface area contributed by atoms with Gasteiger partial charge in [-0.05, 0) is 31.2 Å². The number of hydrogen-bond acceptors (Lipinski definition) is 5. The van der Waals surface area contributed by atoms with Crippen LogP contribution in [-0.4, -0.2) is 34.9 Å². The predicted molar refractivity (Wildman–Crippen MR) is 108 cm³/mol. The number of benzene rings is 2. The average molecular weight is 445 g/mol. The van der Waals surface area contributed by atoms with Crippen molar-refractivity contribution >= 4 is 5.91 Å². The second-order valence-corrected chi connectivity index (χ2v) is 7.13. The van der Waals surface area contributed by atoms with E-state index >= 15 is 0 Å². The van der Waals surface area contributed by atoms with Gasteiger partial charge in [-0.25, -0.2) is 4.68 Å². The molecule has 4 rings (SSSR count). The highest BCUT2D eigenvalue weighted by Crippen LogP contribution is 2.33. The van der Waals surface area contributed by atoms with Gasteiger partial charge in [-0.2, -0.15) is 18.3 Å². The third-order valence-electron chi connectivity index (χ3n) is 4.82. The molecule has 0 saturated heterocycles. The lowest BCUT2D eigenvalue weighted by molar-refractivity contribution is -0.137. The normalized spacial score (nSPS) is 15.3. The molecule has 0 spiro atoms. The Labute approximate surface area is 180 Å². The Morgan fingerprint density at radius 1 is 1.16 bits per heavy atom. The van der Waals surface area contributed by atoms with Gasteiger partial charge in [-0.1, -0.05) is 24.3 Å². The molecular formula is C22H18F3N3O4. The summed E-state index contributed by atoms with van der Waals surface area (Å²) in [6, 6.07) is 12.9. The topological polar surface area (TPSA) is 82.5 Å². The number of ether oxygens (including phenoxy) is 2. The maximum absolute atomic E-state index is 13.4. The van der Waals surface area contributed by atoms with E-state index in [1.54, 1.807) is 24.3 Å². The summed E-state index contributed by atoms with van der Waals surface area (Å²) in [7, 11) is 0. The van der Waals surface area contributed by atoms with Crippen LogP contribution in [0, 0.1) is 6.92 Å². The third kappa shape index (κ3) is 4.29. The minimum absolute atomic E-state index is 0.0152. The maximum Gasteiger partial charge on any atom is 0.418 e. The Bertz CT molecular complexity index is 1220. The van der Waals surface area contributed by atoms with Crippen LogP contribution >= 0.6 is 0 Å². The van der Waals surface area contributed by atoms with E-state index in [-0.39, 0.29) is 24.5 Å². The lowest BCUT2D eigenvalue weighted by Gasteiger charge is -2.26. The second-order valence-electron chi connectivity index (χ2n) is 7.13. The van der Waals surface area contributed by atoms with Crippen LogP contribution in [0.25, 0.3) is 5.69 Å². The summed E-state index contributed by atoms with van der Waals surface area (Å²) in [5.41, 5.74) is -2.29. The summed E-state index contributed by atoms with van der Waals surface area (Å²) >= 11 is 0. The number of aromatic nitrogens is 2. The highest BCUT2D eigenvalue weighted by molar-refractivity contribution is 5.92. The number of halogens is 3. The van der Waals surface area contributed by atoms with Crippen LogP contribution in [0.4, 0.5) is 13.2 Å². The van der Waals surface area contributed by atoms with Gasteiger partial charge in [0.1, 0.15) is 12.7 Å². The molecule has 1 aliphatic heterocycles. The van der Waals surface area contributed by atoms with E-state index < -0.39 is 34.9 Å². The second kappa shape index (κ2) is 8.37. The van der Waals surface area contributed by atoms with Crippen molar-refractivity contribution in [3.05, 3.63) is 81.8 Å². The fourth-order valence-corrected chi connectivity index (χ4v) is 3.30. The zero-order chi connectivity index (χ0) is 22.9. The Morgan fingerprint density at radius 3 is 2.59 bits per heavy atom. The van der Waals surface area contributed by atoms with Crippen LogP contribution in [0.1, 0.15) is 21.7 Å². The van der Waals surface area contributed by atoms with E-state index in [1.165, 1.54) is 25.1 Å². The van der Waals surface area contributed by atoms with Crippen molar-refractivity contribution in [2.75, 3.05) is 13.2 Å². The van der Waals surface area contributed by atoms with Crippen molar-refractivity contribution < 1.29 is 27.4 Å². The summed E-state index contributed by atoms with van der Waals surface area (Å²) in [6.45, 7) is 1.64. The van der Waals surface area contributed by atoms with Crippen molar-refractivity contribution in [1.82, 2.24) is 15.1 Å². The number of alkyl halides is 3. The number of nitrogens with zero attached hydrogens (tertiary/aromatic N) is 2. The number of aryl methyl sites for hydroxylation is 1. The van der Waals surface area contributed by atoms with Crippen LogP contribution in [0.15, 0.2) is 59.4 Å². The molecule has 166 valence electrons. The van der Waals surface area contributed by atoms with Crippen LogP contribution in [-0.2, 0) is 6.18 Å². The van der Waals surface area contributed by atoms with Crippen molar-refractivity contribution in [2.45, 2.75) is 19.2 Å². The van der Waals surface area contributed by atoms with Gasteiger partial charge in [-0.15, -0.1) is 0 Å². The van der Waals surface area contributed by atoms with Crippen LogP contribution < -0.4 is 20.2 Å². The number of fused-ring (bicyclic) bond motifs is 1. The van der Waals surface area contributed by atoms with Gasteiger partial charge in [0.15, 0.2) is 17.2 Å². The largest absolute Gasteiger partial charge is 0.486 e. The molecule has 32 heavy (non-hydrogen) atoms. The van der Waals surface area contributed by atoms with E-state index in [9.17, 15) is 22.8 Å². The predicted octanol–water partition coefficient (Wildman–Crippen LogP) is 3.13. The standard InChI is InChI=1S/C22H18F3N3O4/c1-13-10-17(29)20(27-28(13)16-7-3-2-6-15(16)22(23,24)25)21(30)26-11-14-12-31-18-8-4-5-9-19(18)32-14/h2-10,14H,11-12H2,1H3,(H,26,30)/t14-/m0/s1. The van der Waals surface area contributed by atoms with Crippen molar-refractivity contribution in [3.8, 4) is 17.2 Å². The van der Waals surface area contributed by atoms with Gasteiger partial charge in [0, 0.05) is 11.8 Å². The van der Waals surface area contributed by atoms with Crippen molar-refractivity contribution in [1.29, 1.82) is 0 Å². The Hall–Kier alpha value is -3.82. The number of para-hydroxylation sites is 3. The smallest absolute Gasteiger partial charge is 0.418 e. The number of nitrogens with one attached hydrogen (secondary N) is 1. The molecule has 0 radical (unpaired) electrons. The summed E-state index contributed by atoms with van der Waals surface area (Å²) in [5.74, 6) is 0.287. The van der Waals surface area contributed by atoms with E-state index in [0.29, 0.717) is 11.5 Å². The van der Waals surface area contributed by atoms with Gasteiger partial charge >= 0.3 is 6.18 Å². The number of hydrogen-bond donors (Lipinski definition) is 1. The molecule has 10 heteroatoms. The first-order valence-corrected chi connectivity index (χ1v) is 9.68. The molecule has 2 aromatic carbocycles. The summed E-state index contributed by atoms with van der Waals surface area (Å²) in [4.78, 5) is 25.0. The zero-order valence-electron chi connectivity index (χ0n) is 16.8. The van der Waals surface area contributed by atoms with Crippen LogP contribution in [0.2, 0.25) is 0 Å². The van der Waals surface area contributed by atoms with Gasteiger partial charge in [-0.3, -0.25) is 9.59 Å². The van der Waals surface area contributed by atoms with Crippen LogP contribution in [0.5, 0.6) is 11.5 Å². The highest BCUT2D eigenvalue weighted by atomic mass is 19.4. The van der Waals surface area contributed by atoms with Crippen molar-refractivity contribution in [3.63, 3.8) is 0 Å². The zero-order valence-corrected chi connectivity index (χ0v) is 16.8. The summed E-state index contributed by atoms with van der Waals surface area (Å²) in [6.07, 6.45) is -5.14. The Morgan fingerprint density at radius 2 is 1.84 bits per heavy atom. The Kier molecular flexibility index (Phi) is 5.60. The fourth-order valence-electron chi connectivity index (χ4n) is 3.30. The lowest BCUT2D eigenvalue weighted by Crippen LogP contribution is -2.42. The van der Waals surface area contributed by atoms with Gasteiger partial charge in [0.25, 0.3) is 5.91 Å². The van der Waals surface area contributed by atoms with Crippen molar-refractivity contribution in [2.24, 2.45) is 0 Å². The first-order valence-electron chi connectivity index (χ1n) is 9.68. The molecule has 1 aliphatic rings. The van der Waals surface area contributed by atoms with Gasteiger partial charge in [0.05, 0.1) is 17.8 Å². The monoisotopic (exact) mass is 445 g/mol. The molecule has 1 aromatic heterocycles. The number of carbonyl (C=O) groups excluding carboxylic acids is 1. The van der Waals surface area contributed by atoms with E-state index in [2.05, 4.69) is 10.4 Å². The Balaban J connectivity index is 1.56. The molecule has 0 aliphatic carbocycles. The molecular weight excluding hydrogens is 427 g/mol. The molecule has 0 fully saturated rings. The van der Waals surface area contributed by atoms with Gasteiger partial charge < -0.3 is 14.8 Å². The average Bonchev–Trinajstić information content (AvgIpc) is 2.77. The SMILES string of the molecule is Cc1cc(=O)c(C(=O)NC[C@H]2COc3ccccc3O2)nn1-c1ccccc1C(F)(F)F. The molecule has 1 N–H and O–H groups in total. The third-order valence-corrected chi connectivity index (χ3v) is 4.82. The van der Waals surface area contributed by atoms with E-state index in [0.717, 1.165) is 16.8 Å². The molecule has 7 nitrogen and oxygen atoms in total. The van der Waals surface area contributed by atoms with Gasteiger partial charge in [0.2, 0.25) is 5.43 Å². The highest BCUT2D eigenvalue weighted by Gasteiger charge is 2.34. The van der Waals surface area contributed by atoms with Crippen LogP contribution in [0.3, 0.4) is 0 Å². The molecule has 0 unspecified atom stereocenters. The first kappa shape index (κ1) is 21.4. The minimum Gasteiger partial charge on any atom is -0.486 e. The molecule has 0 bridgehead atoms. The first-order chi connectivity index (χ1) is 15.2. The minimum atomic E-state index is -4.63. The summed E-state index contributed by atoms with van der Waals surface area (Å²) in [5, 5.41) is 6.48. The molecule has 1 amide bonds. The number of carbonyl (C=O) groups is 1. The maximum atomic E-state index is 13.4. The number of amides is 1. The fraction of sp³-hybridized carbons (Fsp3) is 0.227. The molecule has 1 atom stereocenters. The molecule has 0 saturated carbocycles. The lowest BCUT2D eigenvalue weighted by atomic mass is 10.1. The summed E-state index contributed by atoms with van der Waals surface area (Å²) < 4.78 is 52.5. The molecule has 2 heterocycles. The molecule has 3 aromatic rings. The quantitative estimate of drug-likeness (QED) is 0.667. The van der Waals surface area contributed by atoms with E-state index in [1.807, 2.05) is 0 Å².